The molecular weight excluding hydrogens is 214 g/mol. The molecule has 0 aliphatic rings. The molecule has 0 saturated heterocycles. The van der Waals surface area contributed by atoms with Gasteiger partial charge in [0.05, 0.1) is 6.07 Å². The van der Waals surface area contributed by atoms with Crippen LogP contribution < -0.4 is 4.72 Å². The zero-order valence-electron chi connectivity index (χ0n) is 9.69. The summed E-state index contributed by atoms with van der Waals surface area (Å²) in [5.74, 6) is 0.246. The lowest BCUT2D eigenvalue weighted by Gasteiger charge is -2.23. The van der Waals surface area contributed by atoms with Crippen LogP contribution in [0, 0.1) is 17.2 Å². The molecule has 0 aromatic rings. The molecule has 0 aliphatic carbocycles. The van der Waals surface area contributed by atoms with Gasteiger partial charge < -0.3 is 0 Å². The van der Waals surface area contributed by atoms with Crippen LogP contribution in [0.5, 0.6) is 0 Å². The summed E-state index contributed by atoms with van der Waals surface area (Å²) in [5.41, 5.74) is 0. The van der Waals surface area contributed by atoms with Gasteiger partial charge in [-0.2, -0.15) is 18.0 Å². The fraction of sp³-hybridized carbons (Fsp3) is 0.889. The summed E-state index contributed by atoms with van der Waals surface area (Å²) in [6.45, 7) is 7.60. The van der Waals surface area contributed by atoms with E-state index >= 15 is 0 Å². The van der Waals surface area contributed by atoms with Gasteiger partial charge in [0, 0.05) is 12.6 Å². The Morgan fingerprint density at radius 1 is 1.33 bits per heavy atom. The molecule has 0 unspecified atom stereocenters. The van der Waals surface area contributed by atoms with Crippen molar-refractivity contribution in [3.8, 4) is 6.07 Å². The van der Waals surface area contributed by atoms with Crippen LogP contribution in [0.1, 0.15) is 27.7 Å². The van der Waals surface area contributed by atoms with E-state index in [1.54, 1.807) is 13.8 Å². The van der Waals surface area contributed by atoms with Crippen molar-refractivity contribution >= 4 is 10.2 Å². The van der Waals surface area contributed by atoms with Crippen molar-refractivity contribution in [2.24, 2.45) is 5.92 Å². The van der Waals surface area contributed by atoms with Crippen molar-refractivity contribution in [3.05, 3.63) is 0 Å². The van der Waals surface area contributed by atoms with Crippen molar-refractivity contribution < 1.29 is 8.42 Å². The maximum absolute atomic E-state index is 11.7. The van der Waals surface area contributed by atoms with E-state index in [2.05, 4.69) is 4.72 Å². The monoisotopic (exact) mass is 233 g/mol. The number of hydrogen-bond donors (Lipinski definition) is 1. The first-order valence-corrected chi connectivity index (χ1v) is 6.38. The predicted molar refractivity (Wildman–Crippen MR) is 59.2 cm³/mol. The SMILES string of the molecule is CC(C)CNS(=O)(=O)N(CC#N)C(C)C. The van der Waals surface area contributed by atoms with Gasteiger partial charge in [0.15, 0.2) is 0 Å². The molecule has 0 saturated carbocycles. The largest absolute Gasteiger partial charge is 0.280 e. The summed E-state index contributed by atoms with van der Waals surface area (Å²) in [4.78, 5) is 0. The van der Waals surface area contributed by atoms with E-state index in [0.717, 1.165) is 4.31 Å². The van der Waals surface area contributed by atoms with Gasteiger partial charge >= 0.3 is 0 Å². The standard InChI is InChI=1S/C9H19N3O2S/c1-8(2)7-11-15(13,14)12(6-5-10)9(3)4/h8-9,11H,6-7H2,1-4H3. The van der Waals surface area contributed by atoms with E-state index in [9.17, 15) is 8.42 Å². The molecule has 1 N–H and O–H groups in total. The highest BCUT2D eigenvalue weighted by atomic mass is 32.2. The van der Waals surface area contributed by atoms with Crippen LogP contribution in [0.25, 0.3) is 0 Å². The molecule has 5 nitrogen and oxygen atoms in total. The molecule has 0 aromatic heterocycles. The Bertz CT molecular complexity index is 317. The van der Waals surface area contributed by atoms with Crippen LogP contribution >= 0.6 is 0 Å². The normalized spacial score (nSPS) is 12.4. The zero-order chi connectivity index (χ0) is 12.1. The molecular formula is C9H19N3O2S. The molecule has 0 heterocycles. The minimum Gasteiger partial charge on any atom is -0.202 e. The molecule has 88 valence electrons. The van der Waals surface area contributed by atoms with Crippen LogP contribution in [-0.2, 0) is 10.2 Å². The lowest BCUT2D eigenvalue weighted by atomic mass is 10.2. The van der Waals surface area contributed by atoms with Gasteiger partial charge in [-0.25, -0.2) is 4.72 Å². The molecule has 0 rings (SSSR count). The molecule has 15 heavy (non-hydrogen) atoms. The summed E-state index contributed by atoms with van der Waals surface area (Å²) in [6, 6.07) is 1.64. The molecule has 6 heteroatoms. The molecule has 0 spiro atoms. The molecule has 0 radical (unpaired) electrons. The average molecular weight is 233 g/mol. The fourth-order valence-electron chi connectivity index (χ4n) is 0.970. The number of rotatable bonds is 6. The Morgan fingerprint density at radius 2 is 1.87 bits per heavy atom. The summed E-state index contributed by atoms with van der Waals surface area (Å²) in [5, 5.41) is 8.54. The van der Waals surface area contributed by atoms with Crippen LogP contribution in [0.15, 0.2) is 0 Å². The minimum atomic E-state index is -3.52. The van der Waals surface area contributed by atoms with E-state index in [1.165, 1.54) is 0 Å². The number of nitrogens with zero attached hydrogens (tertiary/aromatic N) is 2. The van der Waals surface area contributed by atoms with E-state index in [4.69, 9.17) is 5.26 Å². The highest BCUT2D eigenvalue weighted by Crippen LogP contribution is 2.04. The summed E-state index contributed by atoms with van der Waals surface area (Å²) in [7, 11) is -3.52. The first-order chi connectivity index (χ1) is 6.81. The second-order valence-electron chi connectivity index (χ2n) is 4.04. The lowest BCUT2D eigenvalue weighted by Crippen LogP contribution is -2.45. The predicted octanol–water partition coefficient (Wildman–Crippen LogP) is 0.711. The summed E-state index contributed by atoms with van der Waals surface area (Å²) in [6.07, 6.45) is 0. The number of nitrogens with one attached hydrogen (secondary N) is 1. The van der Waals surface area contributed by atoms with Gasteiger partial charge in [-0.05, 0) is 19.8 Å². The fourth-order valence-corrected chi connectivity index (χ4v) is 2.46. The Morgan fingerprint density at radius 3 is 2.20 bits per heavy atom. The second-order valence-corrected chi connectivity index (χ2v) is 5.75. The van der Waals surface area contributed by atoms with E-state index in [-0.39, 0.29) is 18.5 Å². The van der Waals surface area contributed by atoms with Crippen molar-refractivity contribution in [1.82, 2.24) is 9.03 Å². The maximum Gasteiger partial charge on any atom is 0.280 e. The molecule has 0 bridgehead atoms. The first-order valence-electron chi connectivity index (χ1n) is 4.94. The molecule has 0 fully saturated rings. The van der Waals surface area contributed by atoms with Crippen LogP contribution in [0.3, 0.4) is 0 Å². The average Bonchev–Trinajstić information content (AvgIpc) is 2.10. The van der Waals surface area contributed by atoms with E-state index in [0.29, 0.717) is 6.54 Å². The molecule has 0 aliphatic heterocycles. The van der Waals surface area contributed by atoms with Crippen molar-refractivity contribution in [3.63, 3.8) is 0 Å². The number of nitriles is 1. The minimum absolute atomic E-state index is 0.120. The van der Waals surface area contributed by atoms with E-state index in [1.807, 2.05) is 19.9 Å². The maximum atomic E-state index is 11.7. The van der Waals surface area contributed by atoms with Gasteiger partial charge in [0.25, 0.3) is 10.2 Å². The smallest absolute Gasteiger partial charge is 0.202 e. The molecule has 0 amide bonds. The molecule has 0 aromatic carbocycles. The van der Waals surface area contributed by atoms with Crippen LogP contribution in [0.4, 0.5) is 0 Å². The van der Waals surface area contributed by atoms with Crippen molar-refractivity contribution in [2.75, 3.05) is 13.1 Å². The van der Waals surface area contributed by atoms with Gasteiger partial charge in [-0.15, -0.1) is 0 Å². The highest BCUT2D eigenvalue weighted by molar-refractivity contribution is 7.87. The summed E-state index contributed by atoms with van der Waals surface area (Å²) >= 11 is 0. The number of hydrogen-bond acceptors (Lipinski definition) is 3. The third kappa shape index (κ3) is 5.11. The zero-order valence-corrected chi connectivity index (χ0v) is 10.5. The first kappa shape index (κ1) is 14.4. The second kappa shape index (κ2) is 6.05. The molecule has 0 atom stereocenters. The van der Waals surface area contributed by atoms with Crippen LogP contribution in [-0.4, -0.2) is 31.9 Å². The Kier molecular flexibility index (Phi) is 5.80. The van der Waals surface area contributed by atoms with Gasteiger partial charge in [0.1, 0.15) is 6.54 Å². The van der Waals surface area contributed by atoms with Gasteiger partial charge in [-0.1, -0.05) is 13.8 Å². The third-order valence-electron chi connectivity index (χ3n) is 1.79. The third-order valence-corrected chi connectivity index (χ3v) is 3.48. The Balaban J connectivity index is 4.59. The Hall–Kier alpha value is -0.640. The highest BCUT2D eigenvalue weighted by Gasteiger charge is 2.24. The van der Waals surface area contributed by atoms with Gasteiger partial charge in [0.2, 0.25) is 0 Å². The van der Waals surface area contributed by atoms with Gasteiger partial charge in [-0.3, -0.25) is 0 Å². The van der Waals surface area contributed by atoms with E-state index < -0.39 is 10.2 Å². The van der Waals surface area contributed by atoms with Crippen LogP contribution in [0.2, 0.25) is 0 Å². The quantitative estimate of drug-likeness (QED) is 0.687. The Labute approximate surface area is 92.3 Å². The van der Waals surface area contributed by atoms with Crippen molar-refractivity contribution in [2.45, 2.75) is 33.7 Å². The topological polar surface area (TPSA) is 73.2 Å². The summed E-state index contributed by atoms with van der Waals surface area (Å²) < 4.78 is 27.1. The van der Waals surface area contributed by atoms with Crippen molar-refractivity contribution in [1.29, 1.82) is 5.26 Å². The lowest BCUT2D eigenvalue weighted by molar-refractivity contribution is 0.376.